The summed E-state index contributed by atoms with van der Waals surface area (Å²) in [6, 6.07) is 0.723. The molecule has 16 heavy (non-hydrogen) atoms. The molecule has 0 aromatic rings. The Balaban J connectivity index is 2.25. The van der Waals surface area contributed by atoms with Gasteiger partial charge in [0.05, 0.1) is 6.10 Å². The van der Waals surface area contributed by atoms with E-state index in [1.165, 1.54) is 32.1 Å². The minimum absolute atomic E-state index is 0.337. The van der Waals surface area contributed by atoms with E-state index < -0.39 is 0 Å². The van der Waals surface area contributed by atoms with Crippen LogP contribution >= 0.6 is 0 Å². The maximum Gasteiger partial charge on any atom is 0.0667 e. The van der Waals surface area contributed by atoms with Gasteiger partial charge >= 0.3 is 0 Å². The second kappa shape index (κ2) is 7.29. The molecule has 0 amide bonds. The van der Waals surface area contributed by atoms with E-state index in [0.717, 1.165) is 24.4 Å². The van der Waals surface area contributed by atoms with Crippen molar-refractivity contribution in [1.29, 1.82) is 0 Å². The van der Waals surface area contributed by atoms with Gasteiger partial charge in [-0.1, -0.05) is 26.7 Å². The Bertz CT molecular complexity index is 182. The SMILES string of the molecule is COC(C)CNC1CCCC(C(C)C)CC1. The number of ether oxygens (including phenoxy) is 1. The molecule has 1 rings (SSSR count). The van der Waals surface area contributed by atoms with E-state index in [1.54, 1.807) is 7.11 Å². The Labute approximate surface area is 101 Å². The molecular weight excluding hydrogens is 198 g/mol. The van der Waals surface area contributed by atoms with Crippen LogP contribution in [0.5, 0.6) is 0 Å². The Kier molecular flexibility index (Phi) is 6.37. The van der Waals surface area contributed by atoms with Crippen molar-refractivity contribution in [2.45, 2.75) is 65.0 Å². The number of methoxy groups -OCH3 is 1. The topological polar surface area (TPSA) is 21.3 Å². The van der Waals surface area contributed by atoms with Gasteiger partial charge in [-0.05, 0) is 38.0 Å². The van der Waals surface area contributed by atoms with Crippen LogP contribution in [-0.4, -0.2) is 25.8 Å². The van der Waals surface area contributed by atoms with Crippen molar-refractivity contribution in [3.05, 3.63) is 0 Å². The average Bonchev–Trinajstić information content (AvgIpc) is 2.51. The molecule has 2 heteroatoms. The van der Waals surface area contributed by atoms with Crippen LogP contribution in [0.15, 0.2) is 0 Å². The van der Waals surface area contributed by atoms with Gasteiger partial charge in [0.25, 0.3) is 0 Å². The van der Waals surface area contributed by atoms with Gasteiger partial charge in [-0.2, -0.15) is 0 Å². The predicted molar refractivity (Wildman–Crippen MR) is 69.7 cm³/mol. The zero-order valence-electron chi connectivity index (χ0n) is 11.5. The van der Waals surface area contributed by atoms with Crippen LogP contribution < -0.4 is 5.32 Å². The van der Waals surface area contributed by atoms with Crippen LogP contribution in [0, 0.1) is 11.8 Å². The first-order valence-electron chi connectivity index (χ1n) is 6.89. The third-order valence-electron chi connectivity index (χ3n) is 4.05. The third kappa shape index (κ3) is 4.84. The summed E-state index contributed by atoms with van der Waals surface area (Å²) in [6.45, 7) is 7.85. The molecule has 0 aromatic carbocycles. The highest BCUT2D eigenvalue weighted by molar-refractivity contribution is 4.76. The molecular formula is C14H29NO. The zero-order chi connectivity index (χ0) is 12.0. The molecule has 3 unspecified atom stereocenters. The minimum atomic E-state index is 0.337. The van der Waals surface area contributed by atoms with Gasteiger partial charge in [-0.25, -0.2) is 0 Å². The van der Waals surface area contributed by atoms with Gasteiger partial charge in [-0.3, -0.25) is 0 Å². The fourth-order valence-electron chi connectivity index (χ4n) is 2.62. The largest absolute Gasteiger partial charge is 0.380 e. The normalized spacial score (nSPS) is 29.1. The Morgan fingerprint density at radius 1 is 1.12 bits per heavy atom. The summed E-state index contributed by atoms with van der Waals surface area (Å²) in [5, 5.41) is 3.65. The average molecular weight is 227 g/mol. The summed E-state index contributed by atoms with van der Waals surface area (Å²) in [6.07, 6.45) is 7.25. The van der Waals surface area contributed by atoms with Crippen molar-refractivity contribution < 1.29 is 4.74 Å². The molecule has 0 bridgehead atoms. The van der Waals surface area contributed by atoms with Crippen LogP contribution in [-0.2, 0) is 4.74 Å². The first-order chi connectivity index (χ1) is 7.63. The summed E-state index contributed by atoms with van der Waals surface area (Å²) in [7, 11) is 1.79. The highest BCUT2D eigenvalue weighted by Gasteiger charge is 2.20. The lowest BCUT2D eigenvalue weighted by atomic mass is 9.89. The molecule has 0 heterocycles. The molecule has 3 atom stereocenters. The second-order valence-corrected chi connectivity index (χ2v) is 5.66. The predicted octanol–water partition coefficient (Wildman–Crippen LogP) is 3.22. The minimum Gasteiger partial charge on any atom is -0.380 e. The molecule has 96 valence electrons. The van der Waals surface area contributed by atoms with Gasteiger partial charge in [-0.15, -0.1) is 0 Å². The van der Waals surface area contributed by atoms with Crippen molar-refractivity contribution in [2.75, 3.05) is 13.7 Å². The molecule has 1 saturated carbocycles. The fourth-order valence-corrected chi connectivity index (χ4v) is 2.62. The maximum absolute atomic E-state index is 5.27. The number of hydrogen-bond donors (Lipinski definition) is 1. The summed E-state index contributed by atoms with van der Waals surface area (Å²) < 4.78 is 5.27. The van der Waals surface area contributed by atoms with Crippen LogP contribution in [0.2, 0.25) is 0 Å². The summed E-state index contributed by atoms with van der Waals surface area (Å²) in [5.41, 5.74) is 0. The molecule has 0 saturated heterocycles. The lowest BCUT2D eigenvalue weighted by Crippen LogP contribution is -2.35. The van der Waals surface area contributed by atoms with Gasteiger partial charge in [0, 0.05) is 19.7 Å². The lowest BCUT2D eigenvalue weighted by Gasteiger charge is -2.20. The van der Waals surface area contributed by atoms with Crippen molar-refractivity contribution in [3.63, 3.8) is 0 Å². The van der Waals surface area contributed by atoms with E-state index in [9.17, 15) is 0 Å². The van der Waals surface area contributed by atoms with E-state index in [-0.39, 0.29) is 0 Å². The van der Waals surface area contributed by atoms with Crippen molar-refractivity contribution in [3.8, 4) is 0 Å². The second-order valence-electron chi connectivity index (χ2n) is 5.66. The zero-order valence-corrected chi connectivity index (χ0v) is 11.5. The molecule has 1 fully saturated rings. The van der Waals surface area contributed by atoms with Crippen LogP contribution in [0.4, 0.5) is 0 Å². The summed E-state index contributed by atoms with van der Waals surface area (Å²) in [5.74, 6) is 1.81. The van der Waals surface area contributed by atoms with Crippen molar-refractivity contribution >= 4 is 0 Å². The standard InChI is InChI=1S/C14H29NO/c1-11(2)13-6-5-7-14(9-8-13)15-10-12(3)16-4/h11-15H,5-10H2,1-4H3. The molecule has 2 nitrogen and oxygen atoms in total. The number of hydrogen-bond acceptors (Lipinski definition) is 2. The number of rotatable bonds is 5. The molecule has 0 aromatic heterocycles. The van der Waals surface area contributed by atoms with Crippen molar-refractivity contribution in [2.24, 2.45) is 11.8 Å². The molecule has 1 aliphatic rings. The Hall–Kier alpha value is -0.0800. The van der Waals surface area contributed by atoms with Gasteiger partial charge in [0.15, 0.2) is 0 Å². The fraction of sp³-hybridized carbons (Fsp3) is 1.00. The van der Waals surface area contributed by atoms with Gasteiger partial charge in [0.2, 0.25) is 0 Å². The van der Waals surface area contributed by atoms with E-state index in [4.69, 9.17) is 4.74 Å². The first-order valence-corrected chi connectivity index (χ1v) is 6.89. The van der Waals surface area contributed by atoms with E-state index in [1.807, 2.05) is 0 Å². The molecule has 1 N–H and O–H groups in total. The van der Waals surface area contributed by atoms with Crippen LogP contribution in [0.1, 0.15) is 52.9 Å². The van der Waals surface area contributed by atoms with E-state index >= 15 is 0 Å². The lowest BCUT2D eigenvalue weighted by molar-refractivity contribution is 0.113. The highest BCUT2D eigenvalue weighted by Crippen LogP contribution is 2.28. The first kappa shape index (κ1) is 14.0. The smallest absolute Gasteiger partial charge is 0.0667 e. The molecule has 0 spiro atoms. The third-order valence-corrected chi connectivity index (χ3v) is 4.05. The summed E-state index contributed by atoms with van der Waals surface area (Å²) in [4.78, 5) is 0. The van der Waals surface area contributed by atoms with Crippen molar-refractivity contribution in [1.82, 2.24) is 5.32 Å². The van der Waals surface area contributed by atoms with Crippen LogP contribution in [0.25, 0.3) is 0 Å². The monoisotopic (exact) mass is 227 g/mol. The van der Waals surface area contributed by atoms with E-state index in [0.29, 0.717) is 6.10 Å². The quantitative estimate of drug-likeness (QED) is 0.728. The number of nitrogens with one attached hydrogen (secondary N) is 1. The molecule has 1 aliphatic carbocycles. The van der Waals surface area contributed by atoms with Gasteiger partial charge < -0.3 is 10.1 Å². The maximum atomic E-state index is 5.27. The molecule has 0 aliphatic heterocycles. The highest BCUT2D eigenvalue weighted by atomic mass is 16.5. The van der Waals surface area contributed by atoms with Crippen LogP contribution in [0.3, 0.4) is 0 Å². The Morgan fingerprint density at radius 3 is 2.50 bits per heavy atom. The molecule has 0 radical (unpaired) electrons. The Morgan fingerprint density at radius 2 is 1.88 bits per heavy atom. The summed E-state index contributed by atoms with van der Waals surface area (Å²) >= 11 is 0. The van der Waals surface area contributed by atoms with Gasteiger partial charge in [0.1, 0.15) is 0 Å². The van der Waals surface area contributed by atoms with E-state index in [2.05, 4.69) is 26.1 Å².